The van der Waals surface area contributed by atoms with Gasteiger partial charge in [0.15, 0.2) is 11.5 Å². The third-order valence-electron chi connectivity index (χ3n) is 4.80. The molecular formula is C20H20N4O3. The summed E-state index contributed by atoms with van der Waals surface area (Å²) in [5, 5.41) is 10.3. The quantitative estimate of drug-likeness (QED) is 0.737. The highest BCUT2D eigenvalue weighted by atomic mass is 16.5. The minimum absolute atomic E-state index is 0.0873. The third kappa shape index (κ3) is 3.41. The Bertz CT molecular complexity index is 1020. The molecule has 0 atom stereocenters. The van der Waals surface area contributed by atoms with Crippen molar-refractivity contribution in [3.8, 4) is 22.9 Å². The molecule has 7 nitrogen and oxygen atoms in total. The molecule has 1 aliphatic heterocycles. The minimum atomic E-state index is -0.0873. The number of H-pyrrole nitrogens is 1. The van der Waals surface area contributed by atoms with E-state index in [-0.39, 0.29) is 11.3 Å². The predicted octanol–water partition coefficient (Wildman–Crippen LogP) is 2.10. The summed E-state index contributed by atoms with van der Waals surface area (Å²) in [6.07, 6.45) is 3.97. The zero-order valence-electron chi connectivity index (χ0n) is 15.0. The van der Waals surface area contributed by atoms with E-state index in [2.05, 4.69) is 19.9 Å². The van der Waals surface area contributed by atoms with Crippen LogP contribution >= 0.6 is 0 Å². The number of nitrogens with zero attached hydrogens (tertiary/aromatic N) is 3. The Morgan fingerprint density at radius 2 is 2.07 bits per heavy atom. The molecule has 1 aromatic carbocycles. The van der Waals surface area contributed by atoms with Crippen LogP contribution in [0.15, 0.2) is 47.5 Å². The summed E-state index contributed by atoms with van der Waals surface area (Å²) in [5.74, 6) is 1.16. The van der Waals surface area contributed by atoms with Crippen molar-refractivity contribution in [2.75, 3.05) is 13.7 Å². The molecule has 0 amide bonds. The van der Waals surface area contributed by atoms with Gasteiger partial charge >= 0.3 is 0 Å². The number of para-hydroxylation sites is 1. The number of fused-ring (bicyclic) bond motifs is 1. The van der Waals surface area contributed by atoms with Gasteiger partial charge in [0.1, 0.15) is 5.82 Å². The van der Waals surface area contributed by atoms with Crippen LogP contribution in [-0.4, -0.2) is 38.6 Å². The molecule has 0 saturated heterocycles. The number of aromatic hydroxyl groups is 1. The summed E-state index contributed by atoms with van der Waals surface area (Å²) >= 11 is 0. The van der Waals surface area contributed by atoms with E-state index in [0.29, 0.717) is 31.1 Å². The standard InChI is InChI=1S/C20H20N4O3/c1-27-17-4-2-3-14(18(17)25)11-24-10-7-15-16(12-24)22-19(23-20(15)26)13-5-8-21-9-6-13/h2-6,8-9,25H,7,10-12H2,1H3,(H,22,23,26). The highest BCUT2D eigenvalue weighted by Gasteiger charge is 2.22. The van der Waals surface area contributed by atoms with Crippen molar-refractivity contribution in [3.63, 3.8) is 0 Å². The molecule has 0 fully saturated rings. The molecule has 1 aliphatic rings. The Hall–Kier alpha value is -3.19. The fraction of sp³-hybridized carbons (Fsp3) is 0.250. The predicted molar refractivity (Wildman–Crippen MR) is 101 cm³/mol. The fourth-order valence-electron chi connectivity index (χ4n) is 3.38. The molecule has 4 rings (SSSR count). The number of nitrogens with one attached hydrogen (secondary N) is 1. The topological polar surface area (TPSA) is 91.3 Å². The Kier molecular flexibility index (Phi) is 4.60. The normalized spacial score (nSPS) is 14.0. The number of phenols is 1. The van der Waals surface area contributed by atoms with Crippen molar-refractivity contribution >= 4 is 0 Å². The lowest BCUT2D eigenvalue weighted by atomic mass is 10.0. The van der Waals surface area contributed by atoms with Crippen molar-refractivity contribution in [2.45, 2.75) is 19.5 Å². The first-order valence-corrected chi connectivity index (χ1v) is 8.75. The van der Waals surface area contributed by atoms with Gasteiger partial charge in [-0.25, -0.2) is 4.98 Å². The molecule has 3 heterocycles. The molecule has 2 aromatic heterocycles. The molecule has 3 aromatic rings. The van der Waals surface area contributed by atoms with Crippen LogP contribution in [0.5, 0.6) is 11.5 Å². The van der Waals surface area contributed by atoms with Gasteiger partial charge in [0.2, 0.25) is 0 Å². The highest BCUT2D eigenvalue weighted by Crippen LogP contribution is 2.31. The van der Waals surface area contributed by atoms with Gasteiger partial charge in [-0.2, -0.15) is 0 Å². The lowest BCUT2D eigenvalue weighted by Gasteiger charge is -2.28. The minimum Gasteiger partial charge on any atom is -0.504 e. The largest absolute Gasteiger partial charge is 0.504 e. The molecule has 0 bridgehead atoms. The number of methoxy groups -OCH3 is 1. The molecule has 2 N–H and O–H groups in total. The first-order chi connectivity index (χ1) is 13.2. The van der Waals surface area contributed by atoms with Crippen molar-refractivity contribution in [1.29, 1.82) is 0 Å². The Balaban J connectivity index is 1.61. The summed E-state index contributed by atoms with van der Waals surface area (Å²) in [4.78, 5) is 26.2. The second-order valence-corrected chi connectivity index (χ2v) is 6.50. The average Bonchev–Trinajstić information content (AvgIpc) is 2.70. The van der Waals surface area contributed by atoms with Gasteiger partial charge in [-0.3, -0.25) is 14.7 Å². The van der Waals surface area contributed by atoms with Crippen LogP contribution in [0.1, 0.15) is 16.8 Å². The monoisotopic (exact) mass is 364 g/mol. The van der Waals surface area contributed by atoms with E-state index >= 15 is 0 Å². The molecule has 0 aliphatic carbocycles. The molecule has 7 heteroatoms. The van der Waals surface area contributed by atoms with Gasteiger partial charge < -0.3 is 14.8 Å². The summed E-state index contributed by atoms with van der Waals surface area (Å²) in [7, 11) is 1.53. The highest BCUT2D eigenvalue weighted by molar-refractivity contribution is 5.54. The first kappa shape index (κ1) is 17.2. The zero-order valence-corrected chi connectivity index (χ0v) is 15.0. The van der Waals surface area contributed by atoms with Gasteiger partial charge in [-0.1, -0.05) is 12.1 Å². The Labute approximate surface area is 156 Å². The number of aromatic nitrogens is 3. The SMILES string of the molecule is COc1cccc(CN2CCc3c(nc(-c4ccncc4)[nH]c3=O)C2)c1O. The van der Waals surface area contributed by atoms with Crippen LogP contribution in [0.3, 0.4) is 0 Å². The Morgan fingerprint density at radius 3 is 2.85 bits per heavy atom. The van der Waals surface area contributed by atoms with E-state index in [0.717, 1.165) is 28.9 Å². The molecule has 138 valence electrons. The summed E-state index contributed by atoms with van der Waals surface area (Å²) < 4.78 is 5.18. The van der Waals surface area contributed by atoms with Crippen LogP contribution in [-0.2, 0) is 19.5 Å². The van der Waals surface area contributed by atoms with Gasteiger partial charge in [0, 0.05) is 48.7 Å². The molecular weight excluding hydrogens is 344 g/mol. The Morgan fingerprint density at radius 1 is 1.26 bits per heavy atom. The maximum Gasteiger partial charge on any atom is 0.254 e. The van der Waals surface area contributed by atoms with E-state index in [1.54, 1.807) is 18.5 Å². The number of aromatic amines is 1. The van der Waals surface area contributed by atoms with Gasteiger partial charge in [-0.15, -0.1) is 0 Å². The smallest absolute Gasteiger partial charge is 0.254 e. The van der Waals surface area contributed by atoms with Gasteiger partial charge in [0.25, 0.3) is 5.56 Å². The van der Waals surface area contributed by atoms with Crippen LogP contribution in [0.4, 0.5) is 0 Å². The zero-order chi connectivity index (χ0) is 18.8. The number of pyridine rings is 1. The lowest BCUT2D eigenvalue weighted by molar-refractivity contribution is 0.236. The van der Waals surface area contributed by atoms with Crippen LogP contribution < -0.4 is 10.3 Å². The lowest BCUT2D eigenvalue weighted by Crippen LogP contribution is -2.35. The van der Waals surface area contributed by atoms with Crippen LogP contribution in [0.25, 0.3) is 11.4 Å². The summed E-state index contributed by atoms with van der Waals surface area (Å²) in [6.45, 7) is 1.83. The third-order valence-corrected chi connectivity index (χ3v) is 4.80. The van der Waals surface area contributed by atoms with Gasteiger partial charge in [0.05, 0.1) is 12.8 Å². The number of benzene rings is 1. The van der Waals surface area contributed by atoms with Gasteiger partial charge in [-0.05, 0) is 24.6 Å². The van der Waals surface area contributed by atoms with Crippen molar-refractivity contribution in [1.82, 2.24) is 19.9 Å². The molecule has 27 heavy (non-hydrogen) atoms. The second kappa shape index (κ2) is 7.20. The second-order valence-electron chi connectivity index (χ2n) is 6.50. The summed E-state index contributed by atoms with van der Waals surface area (Å²) in [6, 6.07) is 9.10. The van der Waals surface area contributed by atoms with E-state index in [4.69, 9.17) is 4.74 Å². The van der Waals surface area contributed by atoms with Crippen molar-refractivity contribution in [2.24, 2.45) is 0 Å². The number of hydrogen-bond donors (Lipinski definition) is 2. The number of hydrogen-bond acceptors (Lipinski definition) is 6. The summed E-state index contributed by atoms with van der Waals surface area (Å²) in [5.41, 5.74) is 3.04. The maximum absolute atomic E-state index is 12.5. The van der Waals surface area contributed by atoms with Crippen molar-refractivity contribution in [3.05, 3.63) is 69.9 Å². The van der Waals surface area contributed by atoms with E-state index in [1.807, 2.05) is 24.3 Å². The number of rotatable bonds is 4. The number of ether oxygens (including phenoxy) is 1. The van der Waals surface area contributed by atoms with E-state index in [9.17, 15) is 9.90 Å². The number of phenolic OH excluding ortho intramolecular Hbond substituents is 1. The molecule has 0 unspecified atom stereocenters. The molecule has 0 spiro atoms. The van der Waals surface area contributed by atoms with Crippen LogP contribution in [0, 0.1) is 0 Å². The maximum atomic E-state index is 12.5. The van der Waals surface area contributed by atoms with E-state index < -0.39 is 0 Å². The first-order valence-electron chi connectivity index (χ1n) is 8.75. The average molecular weight is 364 g/mol. The van der Waals surface area contributed by atoms with Crippen LogP contribution in [0.2, 0.25) is 0 Å². The van der Waals surface area contributed by atoms with Crippen molar-refractivity contribution < 1.29 is 9.84 Å². The molecule has 0 saturated carbocycles. The fourth-order valence-corrected chi connectivity index (χ4v) is 3.38. The molecule has 0 radical (unpaired) electrons. The van der Waals surface area contributed by atoms with E-state index in [1.165, 1.54) is 7.11 Å².